The van der Waals surface area contributed by atoms with Gasteiger partial charge in [-0.1, -0.05) is 18.2 Å². The number of hydrogen-bond acceptors (Lipinski definition) is 3. The molecule has 2 aromatic carbocycles. The van der Waals surface area contributed by atoms with E-state index in [9.17, 15) is 4.79 Å². The smallest absolute Gasteiger partial charge is 0.220 e. The monoisotopic (exact) mass is 284 g/mol. The molecule has 3 rings (SSSR count). The number of methoxy groups -OCH3 is 1. The number of nitrogens with one attached hydrogen (secondary N) is 2. The second-order valence-electron chi connectivity index (χ2n) is 5.55. The van der Waals surface area contributed by atoms with Crippen molar-refractivity contribution in [3.63, 3.8) is 0 Å². The third-order valence-corrected chi connectivity index (χ3v) is 3.94. The molecule has 4 heteroatoms. The number of ether oxygens (including phenoxy) is 1. The van der Waals surface area contributed by atoms with Crippen LogP contribution in [0.15, 0.2) is 36.4 Å². The third-order valence-electron chi connectivity index (χ3n) is 3.94. The SMILES string of the molecule is COc1ccc2cc(CNC(=O)CC3CNC3)ccc2c1. The maximum absolute atomic E-state index is 11.8. The lowest BCUT2D eigenvalue weighted by atomic mass is 9.99. The van der Waals surface area contributed by atoms with E-state index in [-0.39, 0.29) is 5.91 Å². The summed E-state index contributed by atoms with van der Waals surface area (Å²) in [6, 6.07) is 12.2. The van der Waals surface area contributed by atoms with E-state index in [2.05, 4.69) is 22.8 Å². The minimum atomic E-state index is 0.135. The van der Waals surface area contributed by atoms with Crippen molar-refractivity contribution in [2.24, 2.45) is 5.92 Å². The summed E-state index contributed by atoms with van der Waals surface area (Å²) in [5.74, 6) is 1.50. The number of carbonyl (C=O) groups excluding carboxylic acids is 1. The quantitative estimate of drug-likeness (QED) is 0.884. The molecular weight excluding hydrogens is 264 g/mol. The maximum atomic E-state index is 11.8. The van der Waals surface area contributed by atoms with Crippen molar-refractivity contribution >= 4 is 16.7 Å². The second-order valence-corrected chi connectivity index (χ2v) is 5.55. The Hall–Kier alpha value is -2.07. The number of amides is 1. The zero-order valence-corrected chi connectivity index (χ0v) is 12.2. The van der Waals surface area contributed by atoms with Gasteiger partial charge in [-0.05, 0) is 53.5 Å². The molecule has 1 saturated heterocycles. The normalized spacial score (nSPS) is 14.7. The van der Waals surface area contributed by atoms with Crippen molar-refractivity contribution in [3.8, 4) is 5.75 Å². The van der Waals surface area contributed by atoms with Gasteiger partial charge in [-0.2, -0.15) is 0 Å². The Morgan fingerprint density at radius 2 is 2.00 bits per heavy atom. The van der Waals surface area contributed by atoms with Gasteiger partial charge in [0.25, 0.3) is 0 Å². The minimum Gasteiger partial charge on any atom is -0.497 e. The zero-order chi connectivity index (χ0) is 14.7. The lowest BCUT2D eigenvalue weighted by Crippen LogP contribution is -2.44. The number of fused-ring (bicyclic) bond motifs is 1. The van der Waals surface area contributed by atoms with Crippen LogP contribution in [0.4, 0.5) is 0 Å². The number of rotatable bonds is 5. The molecule has 0 atom stereocenters. The topological polar surface area (TPSA) is 50.4 Å². The molecule has 110 valence electrons. The highest BCUT2D eigenvalue weighted by molar-refractivity contribution is 5.84. The van der Waals surface area contributed by atoms with Crippen molar-refractivity contribution in [1.82, 2.24) is 10.6 Å². The van der Waals surface area contributed by atoms with E-state index in [1.807, 2.05) is 24.3 Å². The molecule has 1 aliphatic heterocycles. The summed E-state index contributed by atoms with van der Waals surface area (Å²) in [4.78, 5) is 11.8. The fourth-order valence-corrected chi connectivity index (χ4v) is 2.54. The van der Waals surface area contributed by atoms with E-state index >= 15 is 0 Å². The Labute approximate surface area is 124 Å². The number of carbonyl (C=O) groups is 1. The molecule has 0 radical (unpaired) electrons. The van der Waals surface area contributed by atoms with Gasteiger partial charge in [0.05, 0.1) is 7.11 Å². The molecule has 1 aliphatic rings. The van der Waals surface area contributed by atoms with E-state index < -0.39 is 0 Å². The van der Waals surface area contributed by atoms with Crippen LogP contribution in [0.2, 0.25) is 0 Å². The highest BCUT2D eigenvalue weighted by atomic mass is 16.5. The van der Waals surface area contributed by atoms with Gasteiger partial charge < -0.3 is 15.4 Å². The summed E-state index contributed by atoms with van der Waals surface area (Å²) in [7, 11) is 1.67. The molecule has 0 spiro atoms. The van der Waals surface area contributed by atoms with Crippen molar-refractivity contribution in [2.45, 2.75) is 13.0 Å². The molecule has 1 amide bonds. The Morgan fingerprint density at radius 3 is 2.71 bits per heavy atom. The first-order valence-corrected chi connectivity index (χ1v) is 7.29. The first-order chi connectivity index (χ1) is 10.2. The average Bonchev–Trinajstić information content (AvgIpc) is 2.48. The van der Waals surface area contributed by atoms with Gasteiger partial charge in [-0.15, -0.1) is 0 Å². The Morgan fingerprint density at radius 1 is 1.24 bits per heavy atom. The first kappa shape index (κ1) is 13.9. The van der Waals surface area contributed by atoms with Gasteiger partial charge in [-0.25, -0.2) is 0 Å². The van der Waals surface area contributed by atoms with Gasteiger partial charge in [0, 0.05) is 13.0 Å². The Balaban J connectivity index is 1.62. The molecule has 2 aromatic rings. The average molecular weight is 284 g/mol. The number of hydrogen-bond donors (Lipinski definition) is 2. The van der Waals surface area contributed by atoms with Crippen molar-refractivity contribution < 1.29 is 9.53 Å². The fraction of sp³-hybridized carbons (Fsp3) is 0.353. The van der Waals surface area contributed by atoms with Gasteiger partial charge >= 0.3 is 0 Å². The van der Waals surface area contributed by atoms with Gasteiger partial charge in [0.15, 0.2) is 0 Å². The maximum Gasteiger partial charge on any atom is 0.220 e. The van der Waals surface area contributed by atoms with Gasteiger partial charge in [0.1, 0.15) is 5.75 Å². The Bertz CT molecular complexity index is 650. The van der Waals surface area contributed by atoms with E-state index in [1.54, 1.807) is 7.11 Å². The van der Waals surface area contributed by atoms with Crippen LogP contribution in [0.25, 0.3) is 10.8 Å². The van der Waals surface area contributed by atoms with E-state index in [0.717, 1.165) is 35.2 Å². The van der Waals surface area contributed by atoms with Crippen LogP contribution in [0.3, 0.4) is 0 Å². The standard InChI is InChI=1S/C17H20N2O2/c1-21-16-5-4-14-6-12(2-3-15(14)8-16)11-19-17(20)7-13-9-18-10-13/h2-6,8,13,18H,7,9-11H2,1H3,(H,19,20). The van der Waals surface area contributed by atoms with E-state index in [0.29, 0.717) is 18.9 Å². The molecule has 1 heterocycles. The van der Waals surface area contributed by atoms with Gasteiger partial charge in [-0.3, -0.25) is 4.79 Å². The molecular formula is C17H20N2O2. The molecule has 0 aliphatic carbocycles. The summed E-state index contributed by atoms with van der Waals surface area (Å²) in [6.07, 6.45) is 0.623. The zero-order valence-electron chi connectivity index (χ0n) is 12.2. The molecule has 2 N–H and O–H groups in total. The highest BCUT2D eigenvalue weighted by Crippen LogP contribution is 2.21. The van der Waals surface area contributed by atoms with E-state index in [4.69, 9.17) is 4.74 Å². The van der Waals surface area contributed by atoms with Gasteiger partial charge in [0.2, 0.25) is 5.91 Å². The summed E-state index contributed by atoms with van der Waals surface area (Å²) in [5, 5.41) is 8.48. The summed E-state index contributed by atoms with van der Waals surface area (Å²) in [5.41, 5.74) is 1.12. The number of benzene rings is 2. The van der Waals surface area contributed by atoms with Crippen LogP contribution in [0, 0.1) is 5.92 Å². The predicted molar refractivity (Wildman–Crippen MR) is 83.3 cm³/mol. The van der Waals surface area contributed by atoms with Crippen molar-refractivity contribution in [1.29, 1.82) is 0 Å². The Kier molecular flexibility index (Phi) is 4.06. The molecule has 0 saturated carbocycles. The van der Waals surface area contributed by atoms with Crippen LogP contribution >= 0.6 is 0 Å². The predicted octanol–water partition coefficient (Wildman–Crippen LogP) is 2.07. The first-order valence-electron chi connectivity index (χ1n) is 7.29. The van der Waals surface area contributed by atoms with Crippen LogP contribution in [0.1, 0.15) is 12.0 Å². The summed E-state index contributed by atoms with van der Waals surface area (Å²) < 4.78 is 5.22. The van der Waals surface area contributed by atoms with Crippen LogP contribution < -0.4 is 15.4 Å². The minimum absolute atomic E-state index is 0.135. The lowest BCUT2D eigenvalue weighted by molar-refractivity contribution is -0.122. The van der Waals surface area contributed by atoms with Crippen LogP contribution in [0.5, 0.6) is 5.75 Å². The van der Waals surface area contributed by atoms with Crippen molar-refractivity contribution in [2.75, 3.05) is 20.2 Å². The molecule has 0 bridgehead atoms. The molecule has 21 heavy (non-hydrogen) atoms. The molecule has 1 fully saturated rings. The molecule has 0 aromatic heterocycles. The van der Waals surface area contributed by atoms with Crippen molar-refractivity contribution in [3.05, 3.63) is 42.0 Å². The van der Waals surface area contributed by atoms with Crippen LogP contribution in [-0.4, -0.2) is 26.1 Å². The summed E-state index contributed by atoms with van der Waals surface area (Å²) in [6.45, 7) is 2.51. The highest BCUT2D eigenvalue weighted by Gasteiger charge is 2.19. The third kappa shape index (κ3) is 3.34. The summed E-state index contributed by atoms with van der Waals surface area (Å²) >= 11 is 0. The lowest BCUT2D eigenvalue weighted by Gasteiger charge is -2.26. The molecule has 0 unspecified atom stereocenters. The van der Waals surface area contributed by atoms with Crippen LogP contribution in [-0.2, 0) is 11.3 Å². The largest absolute Gasteiger partial charge is 0.497 e. The fourth-order valence-electron chi connectivity index (χ4n) is 2.54. The second kappa shape index (κ2) is 6.14. The molecule has 4 nitrogen and oxygen atoms in total. The van der Waals surface area contributed by atoms with E-state index in [1.165, 1.54) is 0 Å².